The lowest BCUT2D eigenvalue weighted by Gasteiger charge is -1.97. The van der Waals surface area contributed by atoms with Gasteiger partial charge in [-0.1, -0.05) is 22.6 Å². The van der Waals surface area contributed by atoms with Gasteiger partial charge in [0.1, 0.15) is 3.92 Å². The molecule has 0 fully saturated rings. The monoisotopic (exact) mass is 220 g/mol. The molecule has 0 heterocycles. The SMILES string of the molecule is CC(C#N)C(I)C#N. The highest BCUT2D eigenvalue weighted by molar-refractivity contribution is 14.1. The Morgan fingerprint density at radius 3 is 2.00 bits per heavy atom. The average molecular weight is 220 g/mol. The van der Waals surface area contributed by atoms with Crippen LogP contribution in [0.25, 0.3) is 0 Å². The van der Waals surface area contributed by atoms with Crippen molar-refractivity contribution in [1.29, 1.82) is 10.5 Å². The zero-order valence-electron chi connectivity index (χ0n) is 4.43. The molecule has 42 valence electrons. The number of nitrogens with zero attached hydrogens (tertiary/aromatic N) is 2. The number of nitriles is 2. The number of hydrogen-bond acceptors (Lipinski definition) is 2. The zero-order valence-corrected chi connectivity index (χ0v) is 6.58. The molecule has 8 heavy (non-hydrogen) atoms. The van der Waals surface area contributed by atoms with Gasteiger partial charge in [-0.25, -0.2) is 0 Å². The van der Waals surface area contributed by atoms with Crippen LogP contribution < -0.4 is 0 Å². The fourth-order valence-electron chi connectivity index (χ4n) is 0.177. The summed E-state index contributed by atoms with van der Waals surface area (Å²) in [6, 6.07) is 3.97. The van der Waals surface area contributed by atoms with Crippen molar-refractivity contribution in [3.63, 3.8) is 0 Å². The van der Waals surface area contributed by atoms with Gasteiger partial charge < -0.3 is 0 Å². The Bertz CT molecular complexity index is 123. The second-order valence-electron chi connectivity index (χ2n) is 1.45. The molecule has 2 unspecified atom stereocenters. The van der Waals surface area contributed by atoms with Crippen LogP contribution in [0.2, 0.25) is 0 Å². The van der Waals surface area contributed by atoms with Gasteiger partial charge in [-0.05, 0) is 6.92 Å². The summed E-state index contributed by atoms with van der Waals surface area (Å²) in [7, 11) is 0. The van der Waals surface area contributed by atoms with E-state index in [1.54, 1.807) is 6.92 Å². The van der Waals surface area contributed by atoms with Crippen molar-refractivity contribution >= 4 is 22.6 Å². The van der Waals surface area contributed by atoms with Gasteiger partial charge >= 0.3 is 0 Å². The van der Waals surface area contributed by atoms with E-state index in [0.29, 0.717) is 0 Å². The topological polar surface area (TPSA) is 47.6 Å². The quantitative estimate of drug-likeness (QED) is 0.496. The van der Waals surface area contributed by atoms with Crippen molar-refractivity contribution in [3.8, 4) is 12.1 Å². The summed E-state index contributed by atoms with van der Waals surface area (Å²) in [5.74, 6) is -0.152. The first-order valence-electron chi connectivity index (χ1n) is 2.15. The van der Waals surface area contributed by atoms with Crippen LogP contribution in [0.1, 0.15) is 6.92 Å². The Labute approximate surface area is 62.2 Å². The first-order chi connectivity index (χ1) is 3.72. The van der Waals surface area contributed by atoms with Gasteiger partial charge in [0.2, 0.25) is 0 Å². The van der Waals surface area contributed by atoms with Crippen LogP contribution in [0.15, 0.2) is 0 Å². The fraction of sp³-hybridized carbons (Fsp3) is 0.600. The van der Waals surface area contributed by atoms with Crippen molar-refractivity contribution in [2.24, 2.45) is 5.92 Å². The Kier molecular flexibility index (Phi) is 3.55. The van der Waals surface area contributed by atoms with E-state index in [2.05, 4.69) is 0 Å². The predicted octanol–water partition coefficient (Wildman–Crippen LogP) is 1.47. The van der Waals surface area contributed by atoms with E-state index in [4.69, 9.17) is 10.5 Å². The highest BCUT2D eigenvalue weighted by Gasteiger charge is 2.09. The number of hydrogen-bond donors (Lipinski definition) is 0. The lowest BCUT2D eigenvalue weighted by atomic mass is 10.1. The first-order valence-corrected chi connectivity index (χ1v) is 3.40. The van der Waals surface area contributed by atoms with Gasteiger partial charge in [-0.3, -0.25) is 0 Å². The second kappa shape index (κ2) is 3.68. The van der Waals surface area contributed by atoms with Crippen LogP contribution in [0.3, 0.4) is 0 Å². The van der Waals surface area contributed by atoms with Crippen molar-refractivity contribution in [2.75, 3.05) is 0 Å². The number of halogens is 1. The van der Waals surface area contributed by atoms with Gasteiger partial charge in [-0.15, -0.1) is 0 Å². The van der Waals surface area contributed by atoms with E-state index in [1.807, 2.05) is 34.7 Å². The molecule has 0 aliphatic carbocycles. The molecule has 0 aromatic rings. The molecule has 0 N–H and O–H groups in total. The van der Waals surface area contributed by atoms with E-state index in [0.717, 1.165) is 0 Å². The molecule has 0 aliphatic rings. The predicted molar refractivity (Wildman–Crippen MR) is 38.2 cm³/mol. The van der Waals surface area contributed by atoms with Gasteiger partial charge in [0, 0.05) is 0 Å². The Balaban J connectivity index is 3.72. The molecule has 3 heteroatoms. The Morgan fingerprint density at radius 2 is 1.88 bits per heavy atom. The molecular weight excluding hydrogens is 215 g/mol. The summed E-state index contributed by atoms with van der Waals surface area (Å²) in [5.41, 5.74) is 0. The first kappa shape index (κ1) is 7.71. The molecule has 2 nitrogen and oxygen atoms in total. The van der Waals surface area contributed by atoms with Crippen molar-refractivity contribution < 1.29 is 0 Å². The van der Waals surface area contributed by atoms with Gasteiger partial charge in [0.15, 0.2) is 0 Å². The summed E-state index contributed by atoms with van der Waals surface area (Å²) in [6.07, 6.45) is 0. The van der Waals surface area contributed by atoms with Gasteiger partial charge in [0.05, 0.1) is 18.1 Å². The molecule has 2 atom stereocenters. The van der Waals surface area contributed by atoms with E-state index < -0.39 is 0 Å². The minimum atomic E-state index is -0.169. The third-order valence-corrected chi connectivity index (χ3v) is 2.12. The third-order valence-electron chi connectivity index (χ3n) is 0.766. The molecule has 0 amide bonds. The minimum Gasteiger partial charge on any atom is -0.198 e. The minimum absolute atomic E-state index is 0.152. The molecule has 0 radical (unpaired) electrons. The number of alkyl halides is 1. The van der Waals surface area contributed by atoms with E-state index in [9.17, 15) is 0 Å². The molecule has 0 aromatic heterocycles. The maximum atomic E-state index is 8.23. The smallest absolute Gasteiger partial charge is 0.113 e. The lowest BCUT2D eigenvalue weighted by Crippen LogP contribution is -2.04. The lowest BCUT2D eigenvalue weighted by molar-refractivity contribution is 0.805. The van der Waals surface area contributed by atoms with Crippen LogP contribution in [0.4, 0.5) is 0 Å². The zero-order chi connectivity index (χ0) is 6.57. The van der Waals surface area contributed by atoms with Crippen molar-refractivity contribution in [2.45, 2.75) is 10.8 Å². The fourth-order valence-corrected chi connectivity index (χ4v) is 0.338. The normalized spacial score (nSPS) is 15.5. The van der Waals surface area contributed by atoms with Crippen LogP contribution in [-0.2, 0) is 0 Å². The summed E-state index contributed by atoms with van der Waals surface area (Å²) in [5, 5.41) is 16.5. The second-order valence-corrected chi connectivity index (χ2v) is 2.79. The highest BCUT2D eigenvalue weighted by atomic mass is 127. The maximum absolute atomic E-state index is 8.23. The van der Waals surface area contributed by atoms with Gasteiger partial charge in [0.25, 0.3) is 0 Å². The van der Waals surface area contributed by atoms with E-state index in [1.165, 1.54) is 0 Å². The molecule has 0 aliphatic heterocycles. The molecule has 0 bridgehead atoms. The highest BCUT2D eigenvalue weighted by Crippen LogP contribution is 2.09. The summed E-state index contributed by atoms with van der Waals surface area (Å²) in [4.78, 5) is 0. The van der Waals surface area contributed by atoms with Gasteiger partial charge in [-0.2, -0.15) is 10.5 Å². The van der Waals surface area contributed by atoms with Crippen LogP contribution >= 0.6 is 22.6 Å². The Hall–Kier alpha value is -0.290. The molecule has 0 saturated heterocycles. The summed E-state index contributed by atoms with van der Waals surface area (Å²) in [6.45, 7) is 1.74. The molecular formula is C5H5IN2. The molecule has 0 rings (SSSR count). The van der Waals surface area contributed by atoms with E-state index in [-0.39, 0.29) is 9.84 Å². The largest absolute Gasteiger partial charge is 0.198 e. The van der Waals surface area contributed by atoms with E-state index >= 15 is 0 Å². The maximum Gasteiger partial charge on any atom is 0.113 e. The summed E-state index contributed by atoms with van der Waals surface area (Å²) < 4.78 is -0.169. The summed E-state index contributed by atoms with van der Waals surface area (Å²) >= 11 is 1.95. The van der Waals surface area contributed by atoms with Crippen molar-refractivity contribution in [1.82, 2.24) is 0 Å². The van der Waals surface area contributed by atoms with Crippen LogP contribution in [-0.4, -0.2) is 3.92 Å². The Morgan fingerprint density at radius 1 is 1.38 bits per heavy atom. The molecule has 0 saturated carbocycles. The molecule has 0 aromatic carbocycles. The third kappa shape index (κ3) is 2.13. The average Bonchev–Trinajstić information content (AvgIpc) is 1.84. The van der Waals surface area contributed by atoms with Crippen molar-refractivity contribution in [3.05, 3.63) is 0 Å². The van der Waals surface area contributed by atoms with Crippen LogP contribution in [0.5, 0.6) is 0 Å². The molecule has 0 spiro atoms. The standard InChI is InChI=1S/C5H5IN2/c1-4(2-7)5(6)3-8/h4-5H,1H3. The number of rotatable bonds is 1. The van der Waals surface area contributed by atoms with Crippen LogP contribution in [0, 0.1) is 28.6 Å².